The monoisotopic (exact) mass is 426 g/mol. The number of aliphatic hydroxyl groups is 1. The Labute approximate surface area is 175 Å². The highest BCUT2D eigenvalue weighted by Crippen LogP contribution is 2.30. The molecule has 0 radical (unpaired) electrons. The van der Waals surface area contributed by atoms with Gasteiger partial charge < -0.3 is 15.0 Å². The van der Waals surface area contributed by atoms with Crippen LogP contribution in [0.2, 0.25) is 0 Å². The fourth-order valence-corrected chi connectivity index (χ4v) is 5.19. The molecule has 1 aromatic heterocycles. The van der Waals surface area contributed by atoms with E-state index < -0.39 is 27.6 Å². The highest BCUT2D eigenvalue weighted by molar-refractivity contribution is 7.89. The van der Waals surface area contributed by atoms with Crippen molar-refractivity contribution >= 4 is 21.6 Å². The van der Waals surface area contributed by atoms with Gasteiger partial charge in [0.25, 0.3) is 5.91 Å². The molecule has 9 heteroatoms. The van der Waals surface area contributed by atoms with E-state index in [1.807, 2.05) is 0 Å². The summed E-state index contributed by atoms with van der Waals surface area (Å²) in [6, 6.07) is 6.13. The third-order valence-electron chi connectivity index (χ3n) is 5.32. The minimum Gasteiger partial charge on any atom is -0.376 e. The lowest BCUT2D eigenvalue weighted by molar-refractivity contribution is 0.0827. The Morgan fingerprint density at radius 2 is 2.17 bits per heavy atom. The summed E-state index contributed by atoms with van der Waals surface area (Å²) in [5.41, 5.74) is 0.522. The van der Waals surface area contributed by atoms with Crippen molar-refractivity contribution in [1.82, 2.24) is 9.29 Å². The van der Waals surface area contributed by atoms with Gasteiger partial charge in [-0.25, -0.2) is 13.1 Å². The first-order valence-electron chi connectivity index (χ1n) is 9.23. The predicted octanol–water partition coefficient (Wildman–Crippen LogP) is 1.43. The van der Waals surface area contributed by atoms with Crippen LogP contribution in [0.1, 0.15) is 40.5 Å². The van der Waals surface area contributed by atoms with Gasteiger partial charge in [-0.15, -0.1) is 6.42 Å². The van der Waals surface area contributed by atoms with E-state index in [2.05, 4.69) is 22.0 Å². The Hall–Kier alpha value is -3.11. The largest absolute Gasteiger partial charge is 0.376 e. The number of aromatic nitrogens is 1. The molecule has 0 unspecified atom stereocenters. The number of nitriles is 1. The van der Waals surface area contributed by atoms with Crippen LogP contribution < -0.4 is 10.0 Å². The number of anilines is 1. The zero-order chi connectivity index (χ0) is 22.3. The predicted molar refractivity (Wildman–Crippen MR) is 111 cm³/mol. The molecule has 0 aliphatic carbocycles. The molecule has 3 N–H and O–H groups in total. The highest BCUT2D eigenvalue weighted by atomic mass is 32.2. The first kappa shape index (κ1) is 21.6. The van der Waals surface area contributed by atoms with Crippen molar-refractivity contribution in [3.63, 3.8) is 0 Å². The quantitative estimate of drug-likeness (QED) is 0.641. The Morgan fingerprint density at radius 3 is 2.80 bits per heavy atom. The number of benzene rings is 1. The summed E-state index contributed by atoms with van der Waals surface area (Å²) in [5.74, 6) is 1.71. The van der Waals surface area contributed by atoms with Crippen molar-refractivity contribution < 1.29 is 18.3 Å². The van der Waals surface area contributed by atoms with Crippen LogP contribution in [0, 0.1) is 30.6 Å². The van der Waals surface area contributed by atoms with Gasteiger partial charge in [-0.05, 0) is 44.4 Å². The summed E-state index contributed by atoms with van der Waals surface area (Å²) in [5, 5.41) is 22.3. The molecule has 30 heavy (non-hydrogen) atoms. The van der Waals surface area contributed by atoms with Gasteiger partial charge in [-0.3, -0.25) is 4.79 Å². The molecule has 0 fully saturated rings. The molecule has 1 aliphatic heterocycles. The van der Waals surface area contributed by atoms with Gasteiger partial charge in [0.2, 0.25) is 10.0 Å². The van der Waals surface area contributed by atoms with Crippen LogP contribution in [0.5, 0.6) is 0 Å². The van der Waals surface area contributed by atoms with Gasteiger partial charge >= 0.3 is 0 Å². The first-order valence-corrected chi connectivity index (χ1v) is 10.7. The molecule has 0 saturated carbocycles. The van der Waals surface area contributed by atoms with E-state index in [1.54, 1.807) is 32.2 Å². The standard InChI is InChI=1S/C21H22N4O4S/c1-5-21(3,27)18-9-8-16-17(30(28,29)24-18)12-25(4)19(16)20(26)23-15-7-6-13(2)14(10-15)11-22/h1,6-7,10,12,18,24,27H,8-9H2,2-4H3,(H,23,26)/t18-,21+/m0/s1. The summed E-state index contributed by atoms with van der Waals surface area (Å²) in [4.78, 5) is 13.0. The Kier molecular flexibility index (Phi) is 5.48. The molecule has 1 amide bonds. The van der Waals surface area contributed by atoms with Crippen LogP contribution in [-0.4, -0.2) is 35.6 Å². The number of terminal acetylenes is 1. The number of rotatable bonds is 3. The lowest BCUT2D eigenvalue weighted by Crippen LogP contribution is -2.49. The van der Waals surface area contributed by atoms with E-state index >= 15 is 0 Å². The third-order valence-corrected chi connectivity index (χ3v) is 6.84. The van der Waals surface area contributed by atoms with E-state index in [1.165, 1.54) is 17.7 Å². The zero-order valence-corrected chi connectivity index (χ0v) is 17.7. The van der Waals surface area contributed by atoms with Crippen LogP contribution in [0.25, 0.3) is 0 Å². The second kappa shape index (κ2) is 7.62. The lowest BCUT2D eigenvalue weighted by atomic mass is 9.92. The number of hydrogen-bond donors (Lipinski definition) is 3. The summed E-state index contributed by atoms with van der Waals surface area (Å²) in [6.07, 6.45) is 7.17. The van der Waals surface area contributed by atoms with Gasteiger partial charge in [0, 0.05) is 24.5 Å². The lowest BCUT2D eigenvalue weighted by Gasteiger charge is -2.27. The van der Waals surface area contributed by atoms with Crippen molar-refractivity contribution in [2.45, 2.75) is 43.2 Å². The SMILES string of the molecule is C#C[C@@](C)(O)[C@@H]1CCc2c(cn(C)c2C(=O)Nc2ccc(C)c(C#N)c2)S(=O)(=O)N1. The van der Waals surface area contributed by atoms with Gasteiger partial charge in [-0.2, -0.15) is 5.26 Å². The highest BCUT2D eigenvalue weighted by Gasteiger charge is 2.39. The van der Waals surface area contributed by atoms with Crippen molar-refractivity contribution in [1.29, 1.82) is 5.26 Å². The van der Waals surface area contributed by atoms with Gasteiger partial charge in [-0.1, -0.05) is 12.0 Å². The van der Waals surface area contributed by atoms with Gasteiger partial charge in [0.15, 0.2) is 0 Å². The molecule has 0 spiro atoms. The van der Waals surface area contributed by atoms with Crippen molar-refractivity contribution in [3.8, 4) is 18.4 Å². The molecule has 2 heterocycles. The Morgan fingerprint density at radius 1 is 1.47 bits per heavy atom. The van der Waals surface area contributed by atoms with E-state index in [4.69, 9.17) is 6.42 Å². The van der Waals surface area contributed by atoms with Gasteiger partial charge in [0.05, 0.1) is 17.7 Å². The maximum atomic E-state index is 13.0. The number of nitrogens with one attached hydrogen (secondary N) is 2. The molecule has 1 aromatic carbocycles. The summed E-state index contributed by atoms with van der Waals surface area (Å²) >= 11 is 0. The number of amides is 1. The van der Waals surface area contributed by atoms with Crippen molar-refractivity contribution in [3.05, 3.63) is 46.8 Å². The first-order chi connectivity index (χ1) is 14.0. The molecule has 2 aromatic rings. The molecule has 0 bridgehead atoms. The minimum absolute atomic E-state index is 0.0212. The molecule has 3 rings (SSSR count). The topological polar surface area (TPSA) is 124 Å². The average molecular weight is 426 g/mol. The smallest absolute Gasteiger partial charge is 0.272 e. The fourth-order valence-electron chi connectivity index (χ4n) is 3.52. The summed E-state index contributed by atoms with van der Waals surface area (Å²) in [6.45, 7) is 3.16. The van der Waals surface area contributed by atoms with E-state index in [0.29, 0.717) is 16.8 Å². The second-order valence-electron chi connectivity index (χ2n) is 7.53. The van der Waals surface area contributed by atoms with Crippen molar-refractivity contribution in [2.75, 3.05) is 5.32 Å². The normalized spacial score (nSPS) is 19.5. The van der Waals surface area contributed by atoms with Crippen LogP contribution in [0.3, 0.4) is 0 Å². The zero-order valence-electron chi connectivity index (χ0n) is 16.9. The Bertz CT molecular complexity index is 1210. The number of fused-ring (bicyclic) bond motifs is 1. The number of sulfonamides is 1. The van der Waals surface area contributed by atoms with Crippen LogP contribution in [-0.2, 0) is 23.5 Å². The molecular weight excluding hydrogens is 404 g/mol. The molecule has 1 aliphatic rings. The minimum atomic E-state index is -3.99. The number of nitrogens with zero attached hydrogens (tertiary/aromatic N) is 2. The van der Waals surface area contributed by atoms with Crippen LogP contribution in [0.4, 0.5) is 5.69 Å². The number of carbonyl (C=O) groups is 1. The number of aryl methyl sites for hydroxylation is 2. The summed E-state index contributed by atoms with van der Waals surface area (Å²) < 4.78 is 29.6. The van der Waals surface area contributed by atoms with E-state index in [9.17, 15) is 23.6 Å². The van der Waals surface area contributed by atoms with Crippen molar-refractivity contribution in [2.24, 2.45) is 7.05 Å². The molecule has 156 valence electrons. The van der Waals surface area contributed by atoms with E-state index in [0.717, 1.165) is 5.56 Å². The molecule has 8 nitrogen and oxygen atoms in total. The molecule has 2 atom stereocenters. The average Bonchev–Trinajstić information content (AvgIpc) is 2.97. The summed E-state index contributed by atoms with van der Waals surface area (Å²) in [7, 11) is -2.41. The number of hydrogen-bond acceptors (Lipinski definition) is 5. The van der Waals surface area contributed by atoms with E-state index in [-0.39, 0.29) is 23.4 Å². The molecule has 0 saturated heterocycles. The van der Waals surface area contributed by atoms with Crippen LogP contribution in [0.15, 0.2) is 29.3 Å². The fraction of sp³-hybridized carbons (Fsp3) is 0.333. The number of carbonyl (C=O) groups excluding carboxylic acids is 1. The Balaban J connectivity index is 1.99. The van der Waals surface area contributed by atoms with Gasteiger partial charge in [0.1, 0.15) is 16.2 Å². The molecular formula is C21H22N4O4S. The van der Waals surface area contributed by atoms with Crippen LogP contribution >= 0.6 is 0 Å². The maximum Gasteiger partial charge on any atom is 0.272 e. The second-order valence-corrected chi connectivity index (χ2v) is 9.21. The maximum absolute atomic E-state index is 13.0. The third kappa shape index (κ3) is 3.83.